The number of aromatic nitrogens is 1. The van der Waals surface area contributed by atoms with E-state index in [2.05, 4.69) is 59.6 Å². The van der Waals surface area contributed by atoms with Gasteiger partial charge in [-0.15, -0.1) is 0 Å². The van der Waals surface area contributed by atoms with Gasteiger partial charge in [0.05, 0.1) is 7.11 Å². The maximum atomic E-state index is 13.4. The van der Waals surface area contributed by atoms with Gasteiger partial charge in [0.25, 0.3) is 6.73 Å². The van der Waals surface area contributed by atoms with E-state index in [0.717, 1.165) is 61.8 Å². The number of pyridine rings is 1. The molecule has 5 heteroatoms. The second kappa shape index (κ2) is 11.0. The summed E-state index contributed by atoms with van der Waals surface area (Å²) in [5.74, 6) is 2.23. The first-order valence-electron chi connectivity index (χ1n) is 13.7. The molecule has 6 rings (SSSR count). The molecule has 0 bridgehead atoms. The summed E-state index contributed by atoms with van der Waals surface area (Å²) in [5, 5.41) is 2.35. The van der Waals surface area contributed by atoms with E-state index in [1.165, 1.54) is 10.9 Å². The van der Waals surface area contributed by atoms with Crippen LogP contribution in [-0.2, 0) is 19.7 Å². The zero-order valence-corrected chi connectivity index (χ0v) is 22.0. The fourth-order valence-electron chi connectivity index (χ4n) is 6.07. The number of nitrogens with zero attached hydrogens (tertiary/aromatic N) is 2. The first kappa shape index (κ1) is 24.6. The van der Waals surface area contributed by atoms with Gasteiger partial charge >= 0.3 is 0 Å². The largest absolute Gasteiger partial charge is 0.493 e. The van der Waals surface area contributed by atoms with Crippen molar-refractivity contribution in [2.45, 2.75) is 39.0 Å². The minimum absolute atomic E-state index is 0.0606. The summed E-state index contributed by atoms with van der Waals surface area (Å²) >= 11 is 0. The molecule has 0 amide bonds. The van der Waals surface area contributed by atoms with Gasteiger partial charge in [-0.1, -0.05) is 48.5 Å². The van der Waals surface area contributed by atoms with Crippen molar-refractivity contribution in [1.82, 2.24) is 4.90 Å². The summed E-state index contributed by atoms with van der Waals surface area (Å²) in [4.78, 5) is 16.0. The average molecular weight is 508 g/mol. The summed E-state index contributed by atoms with van der Waals surface area (Å²) in [6.45, 7) is 3.57. The van der Waals surface area contributed by atoms with Crippen molar-refractivity contribution in [1.29, 1.82) is 0 Å². The van der Waals surface area contributed by atoms with Crippen molar-refractivity contribution in [2.24, 2.45) is 11.8 Å². The Hall–Kier alpha value is -3.70. The van der Waals surface area contributed by atoms with Gasteiger partial charge < -0.3 is 9.47 Å². The van der Waals surface area contributed by atoms with Crippen molar-refractivity contribution in [3.8, 4) is 11.5 Å². The summed E-state index contributed by atoms with van der Waals surface area (Å²) in [5.41, 5.74) is 3.26. The number of fused-ring (bicyclic) bond motifs is 2. The summed E-state index contributed by atoms with van der Waals surface area (Å²) in [6, 6.07) is 25.0. The standard InChI is InChI=1S/C33H35N2O3/c1-37-31-19-28-18-29(17-24-11-14-34(15-12-24)21-25-7-3-2-4-8-25)33(36)30(28)20-32(31)38-23-35-16-13-26-9-5-6-10-27(26)22-35/h2-10,13,16,19-20,22,24,29H,11-12,14-15,17-18,21,23H2,1H3/q+1. The lowest BCUT2D eigenvalue weighted by atomic mass is 9.85. The third-order valence-electron chi connectivity index (χ3n) is 8.18. The quantitative estimate of drug-likeness (QED) is 0.282. The normalized spacial score (nSPS) is 18.0. The van der Waals surface area contributed by atoms with Crippen LogP contribution in [0.2, 0.25) is 0 Å². The molecule has 0 N–H and O–H groups in total. The Balaban J connectivity index is 1.08. The van der Waals surface area contributed by atoms with Crippen molar-refractivity contribution >= 4 is 16.6 Å². The van der Waals surface area contributed by atoms with E-state index >= 15 is 0 Å². The average Bonchev–Trinajstić information content (AvgIpc) is 3.26. The van der Waals surface area contributed by atoms with Gasteiger partial charge in [-0.2, -0.15) is 4.57 Å². The topological polar surface area (TPSA) is 42.6 Å². The third-order valence-corrected chi connectivity index (χ3v) is 8.18. The smallest absolute Gasteiger partial charge is 0.292 e. The number of methoxy groups -OCH3 is 1. The highest BCUT2D eigenvalue weighted by Crippen LogP contribution is 2.39. The Morgan fingerprint density at radius 3 is 2.47 bits per heavy atom. The van der Waals surface area contributed by atoms with Gasteiger partial charge in [0, 0.05) is 29.5 Å². The minimum atomic E-state index is 0.0606. The van der Waals surface area contributed by atoms with E-state index in [9.17, 15) is 4.79 Å². The van der Waals surface area contributed by atoms with E-state index in [1.54, 1.807) is 7.11 Å². The van der Waals surface area contributed by atoms with Crippen LogP contribution in [0.5, 0.6) is 11.5 Å². The van der Waals surface area contributed by atoms with Gasteiger partial charge in [0.2, 0.25) is 0 Å². The fourth-order valence-corrected chi connectivity index (χ4v) is 6.07. The molecule has 0 radical (unpaired) electrons. The molecule has 1 aromatic heterocycles. The molecule has 1 saturated heterocycles. The lowest BCUT2D eigenvalue weighted by Crippen LogP contribution is -2.35. The Kier molecular flexibility index (Phi) is 7.10. The molecule has 1 aliphatic carbocycles. The van der Waals surface area contributed by atoms with Crippen molar-refractivity contribution in [2.75, 3.05) is 20.2 Å². The number of ether oxygens (including phenoxy) is 2. The molecular weight excluding hydrogens is 472 g/mol. The highest BCUT2D eigenvalue weighted by atomic mass is 16.5. The maximum Gasteiger partial charge on any atom is 0.292 e. The number of rotatable bonds is 8. The number of ketones is 1. The molecule has 5 nitrogen and oxygen atoms in total. The van der Waals surface area contributed by atoms with Crippen LogP contribution in [0, 0.1) is 11.8 Å². The van der Waals surface area contributed by atoms with Gasteiger partial charge in [0.1, 0.15) is 0 Å². The second-order valence-corrected chi connectivity index (χ2v) is 10.7. The van der Waals surface area contributed by atoms with Crippen LogP contribution in [-0.4, -0.2) is 30.9 Å². The number of Topliss-reactive ketones (excluding diaryl/α,β-unsaturated/α-hetero) is 1. The number of carbonyl (C=O) groups is 1. The predicted molar refractivity (Wildman–Crippen MR) is 148 cm³/mol. The summed E-state index contributed by atoms with van der Waals surface area (Å²) < 4.78 is 13.8. The predicted octanol–water partition coefficient (Wildman–Crippen LogP) is 5.83. The van der Waals surface area contributed by atoms with Crippen molar-refractivity contribution < 1.29 is 18.8 Å². The summed E-state index contributed by atoms with van der Waals surface area (Å²) in [6.07, 6.45) is 8.17. The van der Waals surface area contributed by atoms with Crippen LogP contribution in [0.15, 0.2) is 85.2 Å². The number of hydrogen-bond acceptors (Lipinski definition) is 4. The van der Waals surface area contributed by atoms with Crippen LogP contribution in [0.4, 0.5) is 0 Å². The first-order chi connectivity index (χ1) is 18.7. The lowest BCUT2D eigenvalue weighted by molar-refractivity contribution is -0.723. The molecule has 4 aromatic rings. The molecule has 3 aromatic carbocycles. The fraction of sp³-hybridized carbons (Fsp3) is 0.333. The lowest BCUT2D eigenvalue weighted by Gasteiger charge is -2.32. The number of hydrogen-bond donors (Lipinski definition) is 0. The number of carbonyl (C=O) groups excluding carboxylic acids is 1. The second-order valence-electron chi connectivity index (χ2n) is 10.7. The van der Waals surface area contributed by atoms with E-state index in [-0.39, 0.29) is 11.7 Å². The Morgan fingerprint density at radius 2 is 1.68 bits per heavy atom. The number of likely N-dealkylation sites (tertiary alicyclic amines) is 1. The molecule has 1 fully saturated rings. The van der Waals surface area contributed by atoms with Crippen LogP contribution >= 0.6 is 0 Å². The molecule has 2 aliphatic rings. The van der Waals surface area contributed by atoms with Crippen LogP contribution < -0.4 is 14.0 Å². The van der Waals surface area contributed by atoms with Crippen molar-refractivity contribution in [3.05, 3.63) is 102 Å². The minimum Gasteiger partial charge on any atom is -0.493 e. The molecular formula is C33H35N2O3+. The summed E-state index contributed by atoms with van der Waals surface area (Å²) in [7, 11) is 1.66. The number of piperidine rings is 1. The van der Waals surface area contributed by atoms with E-state index in [4.69, 9.17) is 9.47 Å². The van der Waals surface area contributed by atoms with E-state index in [0.29, 0.717) is 24.1 Å². The molecule has 1 unspecified atom stereocenters. The molecule has 1 atom stereocenters. The Bertz CT molecular complexity index is 1430. The SMILES string of the molecule is COc1cc2c(cc1OC[n+]1ccc3ccccc3c1)C(=O)C(CC1CCN(Cc3ccccc3)CC1)C2. The Labute approximate surface area is 224 Å². The highest BCUT2D eigenvalue weighted by molar-refractivity contribution is 6.02. The van der Waals surface area contributed by atoms with Crippen molar-refractivity contribution in [3.63, 3.8) is 0 Å². The van der Waals surface area contributed by atoms with E-state index in [1.807, 2.05) is 35.0 Å². The van der Waals surface area contributed by atoms with E-state index < -0.39 is 0 Å². The molecule has 38 heavy (non-hydrogen) atoms. The van der Waals surface area contributed by atoms with Crippen LogP contribution in [0.25, 0.3) is 10.8 Å². The zero-order valence-electron chi connectivity index (χ0n) is 22.0. The zero-order chi connectivity index (χ0) is 25.9. The van der Waals surface area contributed by atoms with Crippen LogP contribution in [0.1, 0.15) is 40.7 Å². The van der Waals surface area contributed by atoms with Gasteiger partial charge in [0.15, 0.2) is 29.7 Å². The third kappa shape index (κ3) is 5.30. The van der Waals surface area contributed by atoms with Crippen LogP contribution in [0.3, 0.4) is 0 Å². The highest BCUT2D eigenvalue weighted by Gasteiger charge is 2.34. The number of benzene rings is 3. The van der Waals surface area contributed by atoms with Gasteiger partial charge in [-0.3, -0.25) is 9.69 Å². The maximum absolute atomic E-state index is 13.4. The monoisotopic (exact) mass is 507 g/mol. The molecule has 0 spiro atoms. The first-order valence-corrected chi connectivity index (χ1v) is 13.7. The molecule has 0 saturated carbocycles. The molecule has 194 valence electrons. The molecule has 1 aliphatic heterocycles. The Morgan fingerprint density at radius 1 is 0.921 bits per heavy atom. The molecule has 2 heterocycles. The van der Waals surface area contributed by atoms with Gasteiger partial charge in [-0.25, -0.2) is 0 Å². The van der Waals surface area contributed by atoms with Gasteiger partial charge in [-0.05, 0) is 79.4 Å².